The van der Waals surface area contributed by atoms with Gasteiger partial charge in [0.05, 0.1) is 11.9 Å². The average molecular weight is 329 g/mol. The zero-order valence-corrected chi connectivity index (χ0v) is 12.8. The van der Waals surface area contributed by atoms with E-state index in [4.69, 9.17) is 0 Å². The molecule has 3 nitrogen and oxygen atoms in total. The van der Waals surface area contributed by atoms with Crippen LogP contribution < -0.4 is 5.43 Å². The number of nitrogens with one attached hydrogen (secondary N) is 1. The van der Waals surface area contributed by atoms with Crippen molar-refractivity contribution < 1.29 is 8.78 Å². The second-order valence-electron chi connectivity index (χ2n) is 4.74. The highest BCUT2D eigenvalue weighted by Gasteiger charge is 2.06. The Bertz CT molecular complexity index is 800. The van der Waals surface area contributed by atoms with Gasteiger partial charge in [-0.25, -0.2) is 13.8 Å². The van der Waals surface area contributed by atoms with Crippen molar-refractivity contribution in [3.63, 3.8) is 0 Å². The van der Waals surface area contributed by atoms with Gasteiger partial charge in [-0.05, 0) is 11.6 Å². The molecular formula is C17H13F2N3S. The largest absolute Gasteiger partial charge is 0.263 e. The summed E-state index contributed by atoms with van der Waals surface area (Å²) in [5.74, 6) is 0. The molecule has 0 saturated carbocycles. The number of halogens is 2. The Morgan fingerprint density at radius 3 is 2.70 bits per heavy atom. The topological polar surface area (TPSA) is 37.3 Å². The van der Waals surface area contributed by atoms with Crippen LogP contribution in [-0.2, 0) is 0 Å². The van der Waals surface area contributed by atoms with Crippen molar-refractivity contribution in [1.82, 2.24) is 4.98 Å². The molecule has 23 heavy (non-hydrogen) atoms. The Balaban J connectivity index is 1.67. The first-order valence-corrected chi connectivity index (χ1v) is 7.78. The van der Waals surface area contributed by atoms with Crippen LogP contribution in [0.3, 0.4) is 0 Å². The Morgan fingerprint density at radius 1 is 1.09 bits per heavy atom. The molecule has 0 bridgehead atoms. The number of hydrazone groups is 1. The molecule has 3 aromatic rings. The quantitative estimate of drug-likeness (QED) is 0.516. The molecule has 3 rings (SSSR count). The summed E-state index contributed by atoms with van der Waals surface area (Å²) in [6.45, 7) is 0. The van der Waals surface area contributed by atoms with E-state index in [1.54, 1.807) is 12.1 Å². The number of alkyl halides is 2. The minimum absolute atomic E-state index is 0.0189. The van der Waals surface area contributed by atoms with Gasteiger partial charge >= 0.3 is 0 Å². The molecule has 0 saturated heterocycles. The van der Waals surface area contributed by atoms with E-state index in [1.807, 2.05) is 35.7 Å². The van der Waals surface area contributed by atoms with Crippen molar-refractivity contribution in [3.8, 4) is 11.3 Å². The predicted molar refractivity (Wildman–Crippen MR) is 90.2 cm³/mol. The van der Waals surface area contributed by atoms with Gasteiger partial charge in [-0.15, -0.1) is 11.3 Å². The number of aromatic nitrogens is 1. The summed E-state index contributed by atoms with van der Waals surface area (Å²) in [7, 11) is 0. The third-order valence-electron chi connectivity index (χ3n) is 3.11. The summed E-state index contributed by atoms with van der Waals surface area (Å²) < 4.78 is 25.3. The molecule has 0 aliphatic rings. The molecule has 116 valence electrons. The fraction of sp³-hybridized carbons (Fsp3) is 0.0588. The minimum Gasteiger partial charge on any atom is -0.253 e. The molecule has 0 aliphatic carbocycles. The first-order valence-electron chi connectivity index (χ1n) is 6.90. The lowest BCUT2D eigenvalue weighted by Gasteiger charge is -2.00. The molecule has 1 aromatic heterocycles. The van der Waals surface area contributed by atoms with Gasteiger partial charge in [0.25, 0.3) is 6.43 Å². The zero-order valence-electron chi connectivity index (χ0n) is 12.0. The van der Waals surface area contributed by atoms with Crippen molar-refractivity contribution in [2.45, 2.75) is 6.43 Å². The molecule has 6 heteroatoms. The fourth-order valence-corrected chi connectivity index (χ4v) is 2.67. The van der Waals surface area contributed by atoms with Crippen molar-refractivity contribution in [1.29, 1.82) is 0 Å². The number of anilines is 1. The third-order valence-corrected chi connectivity index (χ3v) is 3.86. The number of benzene rings is 2. The van der Waals surface area contributed by atoms with Crippen LogP contribution in [0.4, 0.5) is 13.9 Å². The van der Waals surface area contributed by atoms with Gasteiger partial charge in [-0.3, -0.25) is 5.43 Å². The van der Waals surface area contributed by atoms with Crippen LogP contribution in [0.5, 0.6) is 0 Å². The summed E-state index contributed by atoms with van der Waals surface area (Å²) >= 11 is 1.43. The molecular weight excluding hydrogens is 316 g/mol. The monoisotopic (exact) mass is 329 g/mol. The number of hydrogen-bond donors (Lipinski definition) is 1. The number of rotatable bonds is 5. The lowest BCUT2D eigenvalue weighted by molar-refractivity contribution is 0.151. The molecule has 1 heterocycles. The number of hydrogen-bond acceptors (Lipinski definition) is 4. The van der Waals surface area contributed by atoms with Crippen molar-refractivity contribution in [2.75, 3.05) is 5.43 Å². The standard InChI is InChI=1S/C17H13F2N3S/c18-16(19)14-8-4-5-12(9-14)10-20-22-17-21-15(11-23-17)13-6-2-1-3-7-13/h1-11,16H,(H,21,22). The van der Waals surface area contributed by atoms with Crippen molar-refractivity contribution in [2.24, 2.45) is 5.10 Å². The summed E-state index contributed by atoms with van der Waals surface area (Å²) in [6.07, 6.45) is -0.987. The van der Waals surface area contributed by atoms with E-state index in [1.165, 1.54) is 29.7 Å². The molecule has 0 aliphatic heterocycles. The molecule has 0 atom stereocenters. The maximum atomic E-state index is 12.6. The van der Waals surface area contributed by atoms with E-state index in [2.05, 4.69) is 15.5 Å². The van der Waals surface area contributed by atoms with Crippen molar-refractivity contribution >= 4 is 22.7 Å². The summed E-state index contributed by atoms with van der Waals surface area (Å²) in [5.41, 5.74) is 5.31. The van der Waals surface area contributed by atoms with Crippen LogP contribution >= 0.6 is 11.3 Å². The number of nitrogens with zero attached hydrogens (tertiary/aromatic N) is 2. The highest BCUT2D eigenvalue weighted by Crippen LogP contribution is 2.24. The molecule has 0 unspecified atom stereocenters. The highest BCUT2D eigenvalue weighted by atomic mass is 32.1. The predicted octanol–water partition coefficient (Wildman–Crippen LogP) is 5.19. The van der Waals surface area contributed by atoms with E-state index in [0.717, 1.165) is 11.3 Å². The second-order valence-corrected chi connectivity index (χ2v) is 5.60. The summed E-state index contributed by atoms with van der Waals surface area (Å²) in [6, 6.07) is 15.9. The molecule has 0 radical (unpaired) electrons. The van der Waals surface area contributed by atoms with Gasteiger partial charge in [0.2, 0.25) is 5.13 Å². The molecule has 0 spiro atoms. The summed E-state index contributed by atoms with van der Waals surface area (Å²) in [5, 5.41) is 6.63. The van der Waals surface area contributed by atoms with E-state index < -0.39 is 6.43 Å². The van der Waals surface area contributed by atoms with Gasteiger partial charge in [0.15, 0.2) is 0 Å². The SMILES string of the molecule is FC(F)c1cccc(C=NNc2nc(-c3ccccc3)cs2)c1. The van der Waals surface area contributed by atoms with E-state index in [0.29, 0.717) is 10.7 Å². The van der Waals surface area contributed by atoms with Gasteiger partial charge in [0.1, 0.15) is 0 Å². The minimum atomic E-state index is -2.48. The third kappa shape index (κ3) is 3.98. The first kappa shape index (κ1) is 15.3. The summed E-state index contributed by atoms with van der Waals surface area (Å²) in [4.78, 5) is 4.43. The second kappa shape index (κ2) is 7.11. The lowest BCUT2D eigenvalue weighted by Crippen LogP contribution is -1.92. The van der Waals surface area contributed by atoms with Crippen LogP contribution in [0.25, 0.3) is 11.3 Å². The molecule has 0 amide bonds. The zero-order chi connectivity index (χ0) is 16.1. The van der Waals surface area contributed by atoms with E-state index in [9.17, 15) is 8.78 Å². The maximum absolute atomic E-state index is 12.6. The Kier molecular flexibility index (Phi) is 4.73. The van der Waals surface area contributed by atoms with Crippen LogP contribution in [0, 0.1) is 0 Å². The van der Waals surface area contributed by atoms with Gasteiger partial charge in [0, 0.05) is 16.5 Å². The maximum Gasteiger partial charge on any atom is 0.263 e. The lowest BCUT2D eigenvalue weighted by atomic mass is 10.1. The Hall–Kier alpha value is -2.60. The van der Waals surface area contributed by atoms with E-state index in [-0.39, 0.29) is 5.56 Å². The normalized spacial score (nSPS) is 11.3. The van der Waals surface area contributed by atoms with Crippen molar-refractivity contribution in [3.05, 3.63) is 71.1 Å². The van der Waals surface area contributed by atoms with Gasteiger partial charge in [-0.1, -0.05) is 48.5 Å². The first-order chi connectivity index (χ1) is 11.2. The Labute approximate surface area is 136 Å². The van der Waals surface area contributed by atoms with Crippen LogP contribution in [0.1, 0.15) is 17.6 Å². The molecule has 1 N–H and O–H groups in total. The fourth-order valence-electron chi connectivity index (χ4n) is 2.00. The van der Waals surface area contributed by atoms with Gasteiger partial charge < -0.3 is 0 Å². The molecule has 2 aromatic carbocycles. The van der Waals surface area contributed by atoms with Crippen LogP contribution in [-0.4, -0.2) is 11.2 Å². The van der Waals surface area contributed by atoms with Crippen LogP contribution in [0.15, 0.2) is 65.1 Å². The van der Waals surface area contributed by atoms with E-state index >= 15 is 0 Å². The average Bonchev–Trinajstić information content (AvgIpc) is 3.05. The smallest absolute Gasteiger partial charge is 0.253 e. The highest BCUT2D eigenvalue weighted by molar-refractivity contribution is 7.14. The Morgan fingerprint density at radius 2 is 1.91 bits per heavy atom. The van der Waals surface area contributed by atoms with Crippen LogP contribution in [0.2, 0.25) is 0 Å². The van der Waals surface area contributed by atoms with Gasteiger partial charge in [-0.2, -0.15) is 5.10 Å². The number of thiazole rings is 1. The molecule has 0 fully saturated rings.